The third-order valence-corrected chi connectivity index (χ3v) is 3.90. The standard InChI is InChI=1S/C12H14N6OS/c19-11(15-10-2-1-3-14-16-10)17-5-7-18(8-6-17)12-13-4-9-20-12/h1-4,9H,5-8H2,(H,15,16,19). The monoisotopic (exact) mass is 290 g/mol. The fourth-order valence-electron chi connectivity index (χ4n) is 2.03. The van der Waals surface area contributed by atoms with E-state index in [1.807, 2.05) is 5.38 Å². The molecule has 7 nitrogen and oxygen atoms in total. The molecule has 1 fully saturated rings. The fourth-order valence-corrected chi connectivity index (χ4v) is 2.73. The van der Waals surface area contributed by atoms with Crippen molar-refractivity contribution >= 4 is 28.3 Å². The number of urea groups is 1. The highest BCUT2D eigenvalue weighted by molar-refractivity contribution is 7.13. The topological polar surface area (TPSA) is 74.2 Å². The molecule has 0 atom stereocenters. The van der Waals surface area contributed by atoms with Crippen LogP contribution in [0.1, 0.15) is 0 Å². The molecule has 20 heavy (non-hydrogen) atoms. The molecule has 1 saturated heterocycles. The van der Waals surface area contributed by atoms with E-state index >= 15 is 0 Å². The number of thiazole rings is 1. The van der Waals surface area contributed by atoms with Gasteiger partial charge in [0.1, 0.15) is 0 Å². The molecule has 0 bridgehead atoms. The van der Waals surface area contributed by atoms with Crippen LogP contribution in [0.5, 0.6) is 0 Å². The molecular weight excluding hydrogens is 276 g/mol. The van der Waals surface area contributed by atoms with Gasteiger partial charge in [-0.2, -0.15) is 5.10 Å². The third-order valence-electron chi connectivity index (χ3n) is 3.06. The van der Waals surface area contributed by atoms with E-state index in [0.717, 1.165) is 18.2 Å². The summed E-state index contributed by atoms with van der Waals surface area (Å²) in [5.74, 6) is 0.472. The van der Waals surface area contributed by atoms with Crippen LogP contribution in [0, 0.1) is 0 Å². The summed E-state index contributed by atoms with van der Waals surface area (Å²) in [5.41, 5.74) is 0. The number of rotatable bonds is 2. The zero-order valence-electron chi connectivity index (χ0n) is 10.8. The summed E-state index contributed by atoms with van der Waals surface area (Å²) >= 11 is 1.62. The molecule has 0 spiro atoms. The fraction of sp³-hybridized carbons (Fsp3) is 0.333. The molecule has 0 saturated carbocycles. The van der Waals surface area contributed by atoms with Crippen LogP contribution in [0.3, 0.4) is 0 Å². The first-order valence-electron chi connectivity index (χ1n) is 6.31. The van der Waals surface area contributed by atoms with E-state index < -0.39 is 0 Å². The minimum Gasteiger partial charge on any atom is -0.345 e. The van der Waals surface area contributed by atoms with E-state index in [-0.39, 0.29) is 6.03 Å². The van der Waals surface area contributed by atoms with Gasteiger partial charge in [-0.15, -0.1) is 16.4 Å². The molecule has 1 N–H and O–H groups in total. The molecule has 2 amide bonds. The van der Waals surface area contributed by atoms with Gasteiger partial charge in [-0.25, -0.2) is 9.78 Å². The maximum Gasteiger partial charge on any atom is 0.323 e. The first-order valence-corrected chi connectivity index (χ1v) is 7.19. The Morgan fingerprint density at radius 2 is 2.10 bits per heavy atom. The SMILES string of the molecule is O=C(Nc1cccnn1)N1CCN(c2nccs2)CC1. The first kappa shape index (κ1) is 12.8. The van der Waals surface area contributed by atoms with Crippen molar-refractivity contribution in [2.75, 3.05) is 36.4 Å². The zero-order valence-corrected chi connectivity index (χ0v) is 11.6. The molecule has 0 radical (unpaired) electrons. The summed E-state index contributed by atoms with van der Waals surface area (Å²) in [6, 6.07) is 3.32. The molecule has 104 valence electrons. The zero-order chi connectivity index (χ0) is 13.8. The number of nitrogens with zero attached hydrogens (tertiary/aromatic N) is 5. The number of amides is 2. The molecule has 3 rings (SSSR count). The lowest BCUT2D eigenvalue weighted by molar-refractivity contribution is 0.208. The van der Waals surface area contributed by atoms with E-state index in [1.54, 1.807) is 40.8 Å². The van der Waals surface area contributed by atoms with Crippen LogP contribution in [0.25, 0.3) is 0 Å². The van der Waals surface area contributed by atoms with Gasteiger partial charge in [0.05, 0.1) is 0 Å². The molecule has 8 heteroatoms. The number of anilines is 2. The second kappa shape index (κ2) is 5.83. The smallest absolute Gasteiger partial charge is 0.323 e. The second-order valence-electron chi connectivity index (χ2n) is 4.33. The van der Waals surface area contributed by atoms with E-state index in [9.17, 15) is 4.79 Å². The van der Waals surface area contributed by atoms with Crippen molar-refractivity contribution in [2.45, 2.75) is 0 Å². The highest BCUT2D eigenvalue weighted by atomic mass is 32.1. The van der Waals surface area contributed by atoms with Crippen LogP contribution < -0.4 is 10.2 Å². The van der Waals surface area contributed by atoms with Gasteiger partial charge in [0.25, 0.3) is 0 Å². The molecule has 0 aliphatic carbocycles. The summed E-state index contributed by atoms with van der Waals surface area (Å²) in [7, 11) is 0. The van der Waals surface area contributed by atoms with Crippen molar-refractivity contribution in [1.29, 1.82) is 0 Å². The van der Waals surface area contributed by atoms with Crippen LogP contribution in [-0.4, -0.2) is 52.3 Å². The van der Waals surface area contributed by atoms with Gasteiger partial charge < -0.3 is 9.80 Å². The molecule has 1 aliphatic rings. The molecule has 3 heterocycles. The van der Waals surface area contributed by atoms with Gasteiger partial charge in [0.2, 0.25) is 0 Å². The van der Waals surface area contributed by atoms with Crippen molar-refractivity contribution in [1.82, 2.24) is 20.1 Å². The Kier molecular flexibility index (Phi) is 3.73. The quantitative estimate of drug-likeness (QED) is 0.902. The van der Waals surface area contributed by atoms with Crippen LogP contribution in [-0.2, 0) is 0 Å². The van der Waals surface area contributed by atoms with Crippen molar-refractivity contribution in [3.05, 3.63) is 29.9 Å². The minimum atomic E-state index is -0.135. The number of hydrogen-bond acceptors (Lipinski definition) is 6. The van der Waals surface area contributed by atoms with E-state index in [4.69, 9.17) is 0 Å². The van der Waals surface area contributed by atoms with Crippen LogP contribution in [0.4, 0.5) is 15.7 Å². The summed E-state index contributed by atoms with van der Waals surface area (Å²) < 4.78 is 0. The van der Waals surface area contributed by atoms with Crippen molar-refractivity contribution < 1.29 is 4.79 Å². The maximum absolute atomic E-state index is 12.1. The van der Waals surface area contributed by atoms with E-state index in [2.05, 4.69) is 25.4 Å². The van der Waals surface area contributed by atoms with Gasteiger partial charge in [0, 0.05) is 44.0 Å². The van der Waals surface area contributed by atoms with Gasteiger partial charge >= 0.3 is 6.03 Å². The summed E-state index contributed by atoms with van der Waals surface area (Å²) in [6.07, 6.45) is 3.37. The summed E-state index contributed by atoms with van der Waals surface area (Å²) in [4.78, 5) is 20.3. The van der Waals surface area contributed by atoms with Gasteiger partial charge in [-0.3, -0.25) is 5.32 Å². The highest BCUT2D eigenvalue weighted by Crippen LogP contribution is 2.19. The predicted octanol–water partition coefficient (Wildman–Crippen LogP) is 1.29. The third kappa shape index (κ3) is 2.85. The Bertz CT molecular complexity index is 553. The summed E-state index contributed by atoms with van der Waals surface area (Å²) in [5, 5.41) is 13.3. The van der Waals surface area contributed by atoms with Crippen LogP contribution >= 0.6 is 11.3 Å². The van der Waals surface area contributed by atoms with Crippen molar-refractivity contribution in [3.8, 4) is 0 Å². The number of aromatic nitrogens is 3. The maximum atomic E-state index is 12.1. The molecule has 0 aromatic carbocycles. The Hall–Kier alpha value is -2.22. The number of piperazine rings is 1. The normalized spacial score (nSPS) is 15.2. The average molecular weight is 290 g/mol. The lowest BCUT2D eigenvalue weighted by Gasteiger charge is -2.34. The van der Waals surface area contributed by atoms with Gasteiger partial charge in [0.15, 0.2) is 10.9 Å². The Morgan fingerprint density at radius 3 is 2.75 bits per heavy atom. The molecule has 0 unspecified atom stereocenters. The van der Waals surface area contributed by atoms with Crippen LogP contribution in [0.15, 0.2) is 29.9 Å². The van der Waals surface area contributed by atoms with Gasteiger partial charge in [-0.1, -0.05) is 0 Å². The average Bonchev–Trinajstić information content (AvgIpc) is 3.03. The Balaban J connectivity index is 1.54. The Morgan fingerprint density at radius 1 is 1.25 bits per heavy atom. The van der Waals surface area contributed by atoms with E-state index in [0.29, 0.717) is 18.9 Å². The molecular formula is C12H14N6OS. The second-order valence-corrected chi connectivity index (χ2v) is 5.20. The van der Waals surface area contributed by atoms with E-state index in [1.165, 1.54) is 0 Å². The number of carbonyl (C=O) groups is 1. The highest BCUT2D eigenvalue weighted by Gasteiger charge is 2.22. The largest absolute Gasteiger partial charge is 0.345 e. The predicted molar refractivity (Wildman–Crippen MR) is 77.0 cm³/mol. The molecule has 2 aromatic rings. The Labute approximate surface area is 120 Å². The first-order chi connectivity index (χ1) is 9.83. The minimum absolute atomic E-state index is 0.135. The van der Waals surface area contributed by atoms with Gasteiger partial charge in [-0.05, 0) is 12.1 Å². The number of nitrogens with one attached hydrogen (secondary N) is 1. The number of carbonyl (C=O) groups excluding carboxylic acids is 1. The van der Waals surface area contributed by atoms with Crippen molar-refractivity contribution in [3.63, 3.8) is 0 Å². The van der Waals surface area contributed by atoms with Crippen LogP contribution in [0.2, 0.25) is 0 Å². The summed E-state index contributed by atoms with van der Waals surface area (Å²) in [6.45, 7) is 2.93. The lowest BCUT2D eigenvalue weighted by Crippen LogP contribution is -2.50. The van der Waals surface area contributed by atoms with Crippen molar-refractivity contribution in [2.24, 2.45) is 0 Å². The molecule has 1 aliphatic heterocycles. The lowest BCUT2D eigenvalue weighted by atomic mass is 10.3. The molecule has 2 aromatic heterocycles. The number of hydrogen-bond donors (Lipinski definition) is 1.